The summed E-state index contributed by atoms with van der Waals surface area (Å²) in [5, 5.41) is 0. The SMILES string of the molecule is CCC(CC)N(CCOC)C(=O)c1cc(S(=O)(=O)N(C)c2ccccc2OC)ccc1C. The molecule has 2 aromatic rings. The molecule has 0 spiro atoms. The minimum atomic E-state index is -3.91. The normalized spacial score (nSPS) is 11.5. The van der Waals surface area contributed by atoms with Crippen molar-refractivity contribution in [1.82, 2.24) is 4.90 Å². The largest absolute Gasteiger partial charge is 0.495 e. The Hall–Kier alpha value is -2.58. The van der Waals surface area contributed by atoms with E-state index in [2.05, 4.69) is 0 Å². The molecule has 0 aliphatic rings. The number of benzene rings is 2. The average Bonchev–Trinajstić information content (AvgIpc) is 2.80. The highest BCUT2D eigenvalue weighted by Gasteiger charge is 2.28. The lowest BCUT2D eigenvalue weighted by atomic mass is 10.0. The van der Waals surface area contributed by atoms with Gasteiger partial charge in [0.15, 0.2) is 0 Å². The van der Waals surface area contributed by atoms with Crippen LogP contribution in [0, 0.1) is 6.92 Å². The first kappa shape index (κ1) is 25.7. The number of sulfonamides is 1. The maximum Gasteiger partial charge on any atom is 0.264 e. The lowest BCUT2D eigenvalue weighted by Gasteiger charge is -2.31. The van der Waals surface area contributed by atoms with Crippen molar-refractivity contribution in [1.29, 1.82) is 0 Å². The Balaban J connectivity index is 2.49. The Morgan fingerprint density at radius 3 is 2.31 bits per heavy atom. The molecular formula is C24H34N2O5S. The van der Waals surface area contributed by atoms with Crippen LogP contribution in [0.3, 0.4) is 0 Å². The zero-order valence-corrected chi connectivity index (χ0v) is 20.6. The van der Waals surface area contributed by atoms with Gasteiger partial charge in [-0.1, -0.05) is 32.0 Å². The average molecular weight is 463 g/mol. The summed E-state index contributed by atoms with van der Waals surface area (Å²) in [6.45, 7) is 6.75. The van der Waals surface area contributed by atoms with E-state index in [4.69, 9.17) is 9.47 Å². The third-order valence-electron chi connectivity index (χ3n) is 5.70. The summed E-state index contributed by atoms with van der Waals surface area (Å²) >= 11 is 0. The number of rotatable bonds is 11. The van der Waals surface area contributed by atoms with E-state index < -0.39 is 10.0 Å². The van der Waals surface area contributed by atoms with Crippen LogP contribution in [0.1, 0.15) is 42.6 Å². The number of anilines is 1. The Bertz CT molecular complexity index is 1020. The van der Waals surface area contributed by atoms with Crippen LogP contribution in [0.15, 0.2) is 47.4 Å². The summed E-state index contributed by atoms with van der Waals surface area (Å²) in [6.07, 6.45) is 1.61. The molecule has 176 valence electrons. The molecule has 0 N–H and O–H groups in total. The quantitative estimate of drug-likeness (QED) is 0.502. The van der Waals surface area contributed by atoms with Crippen molar-refractivity contribution in [3.05, 3.63) is 53.6 Å². The molecule has 0 fully saturated rings. The molecule has 0 aliphatic carbocycles. The summed E-state index contributed by atoms with van der Waals surface area (Å²) in [5.74, 6) is 0.256. The van der Waals surface area contributed by atoms with Gasteiger partial charge in [0.05, 0.1) is 24.3 Å². The molecule has 1 amide bonds. The van der Waals surface area contributed by atoms with Gasteiger partial charge in [0.2, 0.25) is 0 Å². The lowest BCUT2D eigenvalue weighted by Crippen LogP contribution is -2.42. The van der Waals surface area contributed by atoms with Crippen LogP contribution in [0.5, 0.6) is 5.75 Å². The van der Waals surface area contributed by atoms with Crippen molar-refractivity contribution in [2.24, 2.45) is 0 Å². The molecule has 2 aromatic carbocycles. The Morgan fingerprint density at radius 1 is 1.06 bits per heavy atom. The number of para-hydroxylation sites is 2. The van der Waals surface area contributed by atoms with Crippen molar-refractivity contribution >= 4 is 21.6 Å². The number of hydrogen-bond donors (Lipinski definition) is 0. The fourth-order valence-corrected chi connectivity index (χ4v) is 4.93. The number of carbonyl (C=O) groups excluding carboxylic acids is 1. The fraction of sp³-hybridized carbons (Fsp3) is 0.458. The van der Waals surface area contributed by atoms with Crippen molar-refractivity contribution in [2.75, 3.05) is 38.7 Å². The molecule has 0 saturated carbocycles. The first-order chi connectivity index (χ1) is 15.2. The number of amides is 1. The van der Waals surface area contributed by atoms with Crippen LogP contribution >= 0.6 is 0 Å². The first-order valence-electron chi connectivity index (χ1n) is 10.7. The van der Waals surface area contributed by atoms with Gasteiger partial charge >= 0.3 is 0 Å². The second-order valence-corrected chi connectivity index (χ2v) is 9.55. The second kappa shape index (κ2) is 11.3. The minimum Gasteiger partial charge on any atom is -0.495 e. The highest BCUT2D eigenvalue weighted by molar-refractivity contribution is 7.92. The highest BCUT2D eigenvalue weighted by Crippen LogP contribution is 2.31. The van der Waals surface area contributed by atoms with Crippen LogP contribution in [-0.4, -0.2) is 59.7 Å². The topological polar surface area (TPSA) is 76.2 Å². The summed E-state index contributed by atoms with van der Waals surface area (Å²) in [5.41, 5.74) is 1.52. The third-order valence-corrected chi connectivity index (χ3v) is 7.47. The fourth-order valence-electron chi connectivity index (χ4n) is 3.69. The highest BCUT2D eigenvalue weighted by atomic mass is 32.2. The van der Waals surface area contributed by atoms with Gasteiger partial charge in [-0.3, -0.25) is 9.10 Å². The third kappa shape index (κ3) is 5.42. The smallest absolute Gasteiger partial charge is 0.264 e. The van der Waals surface area contributed by atoms with Gasteiger partial charge in [0.25, 0.3) is 15.9 Å². The maximum atomic E-state index is 13.5. The molecule has 0 bridgehead atoms. The van der Waals surface area contributed by atoms with Gasteiger partial charge in [-0.05, 0) is 49.6 Å². The summed E-state index contributed by atoms with van der Waals surface area (Å²) in [6, 6.07) is 11.6. The number of hydrogen-bond acceptors (Lipinski definition) is 5. The van der Waals surface area contributed by atoms with Gasteiger partial charge in [0, 0.05) is 32.3 Å². The molecule has 7 nitrogen and oxygen atoms in total. The number of ether oxygens (including phenoxy) is 2. The van der Waals surface area contributed by atoms with Gasteiger partial charge in [-0.25, -0.2) is 8.42 Å². The van der Waals surface area contributed by atoms with Gasteiger partial charge in [-0.15, -0.1) is 0 Å². The van der Waals surface area contributed by atoms with Gasteiger partial charge in [-0.2, -0.15) is 0 Å². The number of methoxy groups -OCH3 is 2. The van der Waals surface area contributed by atoms with E-state index >= 15 is 0 Å². The van der Waals surface area contributed by atoms with E-state index in [1.54, 1.807) is 42.3 Å². The van der Waals surface area contributed by atoms with Crippen LogP contribution < -0.4 is 9.04 Å². The first-order valence-corrected chi connectivity index (χ1v) is 12.2. The summed E-state index contributed by atoms with van der Waals surface area (Å²) in [4.78, 5) is 15.3. The van der Waals surface area contributed by atoms with E-state index in [9.17, 15) is 13.2 Å². The molecular weight excluding hydrogens is 428 g/mol. The van der Waals surface area contributed by atoms with Crippen LogP contribution in [0.25, 0.3) is 0 Å². The Kier molecular flexibility index (Phi) is 9.09. The minimum absolute atomic E-state index is 0.0496. The lowest BCUT2D eigenvalue weighted by molar-refractivity contribution is 0.0588. The number of nitrogens with zero attached hydrogens (tertiary/aromatic N) is 2. The van der Waals surface area contributed by atoms with Crippen LogP contribution in [0.2, 0.25) is 0 Å². The van der Waals surface area contributed by atoms with Gasteiger partial charge in [0.1, 0.15) is 5.75 Å². The molecule has 0 aliphatic heterocycles. The van der Waals surface area contributed by atoms with Gasteiger partial charge < -0.3 is 14.4 Å². The molecule has 0 aromatic heterocycles. The maximum absolute atomic E-state index is 13.5. The van der Waals surface area contributed by atoms with Crippen molar-refractivity contribution in [3.63, 3.8) is 0 Å². The summed E-state index contributed by atoms with van der Waals surface area (Å²) in [7, 11) is 0.656. The van der Waals surface area contributed by atoms with Crippen LogP contribution in [0.4, 0.5) is 5.69 Å². The molecule has 32 heavy (non-hydrogen) atoms. The molecule has 8 heteroatoms. The standard InChI is InChI=1S/C24H34N2O5S/c1-7-19(8-2)26(15-16-30-5)24(27)21-17-20(14-13-18(21)3)32(28,29)25(4)22-11-9-10-12-23(22)31-6/h9-14,17,19H,7-8,15-16H2,1-6H3. The Labute approximate surface area is 192 Å². The number of aryl methyl sites for hydroxylation is 1. The monoisotopic (exact) mass is 462 g/mol. The predicted octanol–water partition coefficient (Wildman–Crippen LogP) is 4.11. The zero-order valence-electron chi connectivity index (χ0n) is 19.8. The van der Waals surface area contributed by atoms with Crippen molar-refractivity contribution < 1.29 is 22.7 Å². The molecule has 0 heterocycles. The Morgan fingerprint density at radius 2 is 1.72 bits per heavy atom. The zero-order chi connectivity index (χ0) is 23.9. The van der Waals surface area contributed by atoms with E-state index in [0.29, 0.717) is 30.2 Å². The molecule has 0 radical (unpaired) electrons. The molecule has 2 rings (SSSR count). The molecule has 0 atom stereocenters. The number of carbonyl (C=O) groups is 1. The predicted molar refractivity (Wildman–Crippen MR) is 127 cm³/mol. The van der Waals surface area contributed by atoms with E-state index in [1.165, 1.54) is 30.6 Å². The molecule has 0 saturated heterocycles. The van der Waals surface area contributed by atoms with Crippen molar-refractivity contribution in [2.45, 2.75) is 44.6 Å². The summed E-state index contributed by atoms with van der Waals surface area (Å²) < 4.78 is 38.5. The van der Waals surface area contributed by atoms with E-state index in [0.717, 1.165) is 18.4 Å². The second-order valence-electron chi connectivity index (χ2n) is 7.58. The van der Waals surface area contributed by atoms with Crippen LogP contribution in [-0.2, 0) is 14.8 Å². The van der Waals surface area contributed by atoms with E-state index in [1.807, 2.05) is 20.8 Å². The molecule has 0 unspecified atom stereocenters. The van der Waals surface area contributed by atoms with Crippen molar-refractivity contribution in [3.8, 4) is 5.75 Å². The van der Waals surface area contributed by atoms with E-state index in [-0.39, 0.29) is 16.8 Å².